The van der Waals surface area contributed by atoms with Crippen LogP contribution in [0, 0.1) is 0 Å². The van der Waals surface area contributed by atoms with Gasteiger partial charge < -0.3 is 19.9 Å². The summed E-state index contributed by atoms with van der Waals surface area (Å²) in [5, 5.41) is 12.7. The van der Waals surface area contributed by atoms with Crippen molar-refractivity contribution in [1.82, 2.24) is 5.32 Å². The van der Waals surface area contributed by atoms with E-state index in [0.29, 0.717) is 12.2 Å². The number of aromatic hydroxyl groups is 1. The summed E-state index contributed by atoms with van der Waals surface area (Å²) in [5.41, 5.74) is 1.71. The molecule has 2 aliphatic heterocycles. The van der Waals surface area contributed by atoms with E-state index in [1.807, 2.05) is 12.1 Å². The second-order valence-corrected chi connectivity index (χ2v) is 5.90. The van der Waals surface area contributed by atoms with Crippen LogP contribution in [0.5, 0.6) is 17.2 Å². The van der Waals surface area contributed by atoms with Crippen LogP contribution in [-0.4, -0.2) is 30.1 Å². The maximum atomic E-state index is 12.2. The highest BCUT2D eigenvalue weighted by molar-refractivity contribution is 5.84. The van der Waals surface area contributed by atoms with Gasteiger partial charge in [-0.3, -0.25) is 4.79 Å². The molecule has 0 saturated heterocycles. The van der Waals surface area contributed by atoms with Crippen molar-refractivity contribution in [3.05, 3.63) is 53.6 Å². The van der Waals surface area contributed by atoms with Gasteiger partial charge in [0.25, 0.3) is 0 Å². The Labute approximate surface area is 145 Å². The smallest absolute Gasteiger partial charge is 0.328 e. The summed E-state index contributed by atoms with van der Waals surface area (Å²) in [6.07, 6.45) is 1.07. The molecular formula is C19H19NO5. The molecule has 130 valence electrons. The summed E-state index contributed by atoms with van der Waals surface area (Å²) in [4.78, 5) is 24.2. The van der Waals surface area contributed by atoms with Gasteiger partial charge in [0, 0.05) is 12.8 Å². The number of phenolic OH excluding ortho intramolecular Hbond substituents is 1. The lowest BCUT2D eigenvalue weighted by molar-refractivity contribution is -0.145. The molecule has 2 aliphatic rings. The molecule has 4 rings (SSSR count). The van der Waals surface area contributed by atoms with Gasteiger partial charge in [0.05, 0.1) is 7.11 Å². The molecule has 2 aromatic carbocycles. The van der Waals surface area contributed by atoms with E-state index >= 15 is 0 Å². The molecule has 0 spiro atoms. The van der Waals surface area contributed by atoms with Crippen LogP contribution < -0.4 is 10.1 Å². The zero-order chi connectivity index (χ0) is 17.8. The lowest BCUT2D eigenvalue weighted by Gasteiger charge is -2.18. The molecule has 0 saturated carbocycles. The first-order chi connectivity index (χ1) is 12.0. The van der Waals surface area contributed by atoms with Gasteiger partial charge in [-0.25, -0.2) is 4.79 Å². The predicted molar refractivity (Wildman–Crippen MR) is 90.6 cm³/mol. The third kappa shape index (κ3) is 4.09. The molecule has 6 heteroatoms. The van der Waals surface area contributed by atoms with Gasteiger partial charge in [-0.2, -0.15) is 0 Å². The van der Waals surface area contributed by atoms with Crippen molar-refractivity contribution < 1.29 is 24.2 Å². The highest BCUT2D eigenvalue weighted by atomic mass is 16.5. The summed E-state index contributed by atoms with van der Waals surface area (Å²) >= 11 is 0. The van der Waals surface area contributed by atoms with Gasteiger partial charge >= 0.3 is 5.97 Å². The highest BCUT2D eigenvalue weighted by Crippen LogP contribution is 2.32. The molecular weight excluding hydrogens is 322 g/mol. The van der Waals surface area contributed by atoms with E-state index < -0.39 is 12.0 Å². The molecule has 2 heterocycles. The lowest BCUT2D eigenvalue weighted by Crippen LogP contribution is -2.43. The van der Waals surface area contributed by atoms with E-state index in [-0.39, 0.29) is 30.2 Å². The van der Waals surface area contributed by atoms with Crippen LogP contribution in [0.4, 0.5) is 0 Å². The molecule has 25 heavy (non-hydrogen) atoms. The maximum absolute atomic E-state index is 12.2. The minimum Gasteiger partial charge on any atom is -0.504 e. The second kappa shape index (κ2) is 7.25. The Kier molecular flexibility index (Phi) is 4.88. The van der Waals surface area contributed by atoms with Crippen LogP contribution in [0.1, 0.15) is 17.5 Å². The van der Waals surface area contributed by atoms with E-state index in [4.69, 9.17) is 9.47 Å². The van der Waals surface area contributed by atoms with E-state index in [2.05, 4.69) is 5.32 Å². The highest BCUT2D eigenvalue weighted by Gasteiger charge is 2.23. The van der Waals surface area contributed by atoms with Crippen molar-refractivity contribution in [3.63, 3.8) is 0 Å². The van der Waals surface area contributed by atoms with E-state index in [1.165, 1.54) is 13.2 Å². The molecule has 1 amide bonds. The minimum absolute atomic E-state index is 0.00132. The first-order valence-electron chi connectivity index (χ1n) is 8.01. The van der Waals surface area contributed by atoms with Gasteiger partial charge in [0.1, 0.15) is 11.8 Å². The predicted octanol–water partition coefficient (Wildman–Crippen LogP) is 2.33. The van der Waals surface area contributed by atoms with E-state index in [9.17, 15) is 14.7 Å². The number of fused-ring (bicyclic) bond motifs is 7. The van der Waals surface area contributed by atoms with E-state index in [1.54, 1.807) is 24.3 Å². The minimum atomic E-state index is -0.793. The number of benzene rings is 2. The number of phenols is 1. The monoisotopic (exact) mass is 341 g/mol. The molecule has 0 aromatic heterocycles. The molecule has 0 radical (unpaired) electrons. The maximum Gasteiger partial charge on any atom is 0.328 e. The van der Waals surface area contributed by atoms with E-state index in [0.717, 1.165) is 11.1 Å². The number of nitrogens with one attached hydrogen (secondary N) is 1. The van der Waals surface area contributed by atoms with Crippen LogP contribution >= 0.6 is 0 Å². The molecule has 4 bridgehead atoms. The number of ether oxygens (including phenoxy) is 2. The Bertz CT molecular complexity index is 785. The number of esters is 1. The molecule has 0 aliphatic carbocycles. The largest absolute Gasteiger partial charge is 0.504 e. The van der Waals surface area contributed by atoms with Gasteiger partial charge in [0.15, 0.2) is 11.5 Å². The Morgan fingerprint density at radius 2 is 1.88 bits per heavy atom. The van der Waals surface area contributed by atoms with Crippen molar-refractivity contribution >= 4 is 11.9 Å². The summed E-state index contributed by atoms with van der Waals surface area (Å²) in [7, 11) is 1.28. The number of aryl methyl sites for hydroxylation is 1. The number of rotatable bonds is 1. The van der Waals surface area contributed by atoms with Crippen LogP contribution in [-0.2, 0) is 27.2 Å². The Morgan fingerprint density at radius 1 is 1.16 bits per heavy atom. The second-order valence-electron chi connectivity index (χ2n) is 5.90. The number of methoxy groups -OCH3 is 1. The number of amides is 1. The summed E-state index contributed by atoms with van der Waals surface area (Å²) in [5.74, 6) is 0.143. The molecule has 2 aromatic rings. The SMILES string of the molecule is COC(=O)[C@@H]1Cc2ccc(O)c(c2)Oc2ccc(cc2)CCC(=O)N1. The Morgan fingerprint density at radius 3 is 2.60 bits per heavy atom. The number of hydrogen-bond donors (Lipinski definition) is 2. The summed E-state index contributed by atoms with van der Waals surface area (Å²) in [6.45, 7) is 0. The van der Waals surface area contributed by atoms with Crippen LogP contribution in [0.15, 0.2) is 42.5 Å². The van der Waals surface area contributed by atoms with Gasteiger partial charge in [-0.1, -0.05) is 18.2 Å². The zero-order valence-corrected chi connectivity index (χ0v) is 13.8. The molecule has 2 N–H and O–H groups in total. The first kappa shape index (κ1) is 16.8. The van der Waals surface area contributed by atoms with Crippen LogP contribution in [0.3, 0.4) is 0 Å². The van der Waals surface area contributed by atoms with Crippen molar-refractivity contribution in [2.45, 2.75) is 25.3 Å². The van der Waals surface area contributed by atoms with Gasteiger partial charge in [-0.05, 0) is 41.8 Å². The molecule has 0 unspecified atom stereocenters. The Hall–Kier alpha value is -3.02. The lowest BCUT2D eigenvalue weighted by atomic mass is 10.0. The fraction of sp³-hybridized carbons (Fsp3) is 0.263. The standard InChI is InChI=1S/C19H19NO5/c1-24-19(23)15-10-13-4-8-16(21)17(11-13)25-14-6-2-12(3-7-14)5-9-18(22)20-15/h2-4,6-8,11,15,21H,5,9-10H2,1H3,(H,20,22)/t15-/m0/s1. The van der Waals surface area contributed by atoms with Crippen LogP contribution in [0.2, 0.25) is 0 Å². The fourth-order valence-electron chi connectivity index (χ4n) is 2.71. The first-order valence-corrected chi connectivity index (χ1v) is 8.01. The third-order valence-corrected chi connectivity index (χ3v) is 4.08. The number of carbonyl (C=O) groups is 2. The van der Waals surface area contributed by atoms with Crippen molar-refractivity contribution in [1.29, 1.82) is 0 Å². The number of hydrogen-bond acceptors (Lipinski definition) is 5. The Balaban J connectivity index is 1.98. The summed E-state index contributed by atoms with van der Waals surface area (Å²) < 4.78 is 10.5. The topological polar surface area (TPSA) is 84.9 Å². The average molecular weight is 341 g/mol. The van der Waals surface area contributed by atoms with Crippen molar-refractivity contribution in [2.24, 2.45) is 0 Å². The summed E-state index contributed by atoms with van der Waals surface area (Å²) in [6, 6.07) is 11.4. The van der Waals surface area contributed by atoms with Crippen LogP contribution in [0.25, 0.3) is 0 Å². The molecule has 0 fully saturated rings. The molecule has 1 atom stereocenters. The normalized spacial score (nSPS) is 17.2. The number of carbonyl (C=O) groups excluding carboxylic acids is 2. The van der Waals surface area contributed by atoms with Crippen molar-refractivity contribution in [3.8, 4) is 17.2 Å². The van der Waals surface area contributed by atoms with Gasteiger partial charge in [0.2, 0.25) is 5.91 Å². The van der Waals surface area contributed by atoms with Crippen molar-refractivity contribution in [2.75, 3.05) is 7.11 Å². The zero-order valence-electron chi connectivity index (χ0n) is 13.8. The molecule has 6 nitrogen and oxygen atoms in total. The third-order valence-electron chi connectivity index (χ3n) is 4.08. The quantitative estimate of drug-likeness (QED) is 0.778. The average Bonchev–Trinajstić information content (AvgIpc) is 2.62. The fourth-order valence-corrected chi connectivity index (χ4v) is 2.71. The van der Waals surface area contributed by atoms with Gasteiger partial charge in [-0.15, -0.1) is 0 Å².